The molecule has 0 unspecified atom stereocenters. The van der Waals surface area contributed by atoms with Gasteiger partial charge in [0.15, 0.2) is 0 Å². The molecule has 0 spiro atoms. The van der Waals surface area contributed by atoms with E-state index in [-0.39, 0.29) is 0 Å². The highest BCUT2D eigenvalue weighted by atomic mass is 35.5. The van der Waals surface area contributed by atoms with E-state index in [1.807, 2.05) is 0 Å². The van der Waals surface area contributed by atoms with Crippen molar-refractivity contribution in [3.05, 3.63) is 0 Å². The number of hydrogen-bond donors (Lipinski definition) is 0. The quantitative estimate of drug-likeness (QED) is 0.532. The molecule has 1 nitrogen and oxygen atoms in total. The van der Waals surface area contributed by atoms with Crippen LogP contribution in [-0.2, 0) is 4.74 Å². The Balaban J connectivity index is 0. The van der Waals surface area contributed by atoms with Crippen molar-refractivity contribution in [3.63, 3.8) is 0 Å². The number of ether oxygens (including phenoxy) is 1. The highest BCUT2D eigenvalue weighted by Crippen LogP contribution is 1.86. The molecule has 0 rings (SSSR count). The zero-order valence-corrected chi connectivity index (χ0v) is 6.66. The summed E-state index contributed by atoms with van der Waals surface area (Å²) in [6, 6.07) is 0. The van der Waals surface area contributed by atoms with Gasteiger partial charge in [0.1, 0.15) is 0 Å². The first-order valence-electron chi connectivity index (χ1n) is 2.79. The summed E-state index contributed by atoms with van der Waals surface area (Å²) in [5.74, 6) is 0.816. The Labute approximate surface area is 57.0 Å². The molecule has 0 radical (unpaired) electrons. The fourth-order valence-corrected chi connectivity index (χ4v) is 0.401. The van der Waals surface area contributed by atoms with Crippen LogP contribution in [0.5, 0.6) is 0 Å². The molecule has 0 aromatic carbocycles. The second-order valence-corrected chi connectivity index (χ2v) is 1.83. The van der Waals surface area contributed by atoms with Crippen LogP contribution in [0.25, 0.3) is 0 Å². The summed E-state index contributed by atoms with van der Waals surface area (Å²) in [5, 5.41) is 0. The third-order valence-electron chi connectivity index (χ3n) is 0.487. The highest BCUT2D eigenvalue weighted by molar-refractivity contribution is 6.17. The molecule has 52 valence electrons. The smallest absolute Gasteiger partial charge is 0.0351 e. The van der Waals surface area contributed by atoms with Crippen LogP contribution in [0.2, 0.25) is 0 Å². The summed E-state index contributed by atoms with van der Waals surface area (Å²) < 4.78 is 4.25. The maximum atomic E-state index is 5.30. The lowest BCUT2D eigenvalue weighted by atomic mass is 10.4. The van der Waals surface area contributed by atoms with E-state index in [1.165, 1.54) is 6.42 Å². The highest BCUT2D eigenvalue weighted by Gasteiger charge is 1.70. The topological polar surface area (TPSA) is 9.23 Å². The van der Waals surface area contributed by atoms with Gasteiger partial charge >= 0.3 is 0 Å². The van der Waals surface area contributed by atoms with E-state index < -0.39 is 0 Å². The molecule has 0 heterocycles. The van der Waals surface area contributed by atoms with Gasteiger partial charge in [-0.05, 0) is 6.42 Å². The van der Waals surface area contributed by atoms with Gasteiger partial charge in [-0.25, -0.2) is 0 Å². The van der Waals surface area contributed by atoms with Crippen LogP contribution >= 0.6 is 11.6 Å². The monoisotopic (exact) mass is 138 g/mol. The summed E-state index contributed by atoms with van der Waals surface area (Å²) in [6.45, 7) is 2.13. The average molecular weight is 139 g/mol. The average Bonchev–Trinajstić information content (AvgIpc) is 1.71. The van der Waals surface area contributed by atoms with E-state index in [9.17, 15) is 0 Å². The standard InChI is InChI=1S/C4H9Cl.C2H6O/c1-2-3-4-5;1-3-2/h2-4H2,1H3;1-2H3. The van der Waals surface area contributed by atoms with Gasteiger partial charge in [-0.15, -0.1) is 11.6 Å². The molecule has 0 N–H and O–H groups in total. The van der Waals surface area contributed by atoms with Crippen molar-refractivity contribution in [1.29, 1.82) is 0 Å². The van der Waals surface area contributed by atoms with Crippen molar-refractivity contribution in [2.45, 2.75) is 19.8 Å². The van der Waals surface area contributed by atoms with E-state index in [0.717, 1.165) is 12.3 Å². The molecule has 0 amide bonds. The second-order valence-electron chi connectivity index (χ2n) is 1.45. The molecule has 2 heteroatoms. The van der Waals surface area contributed by atoms with Crippen LogP contribution in [0.4, 0.5) is 0 Å². The zero-order chi connectivity index (χ0) is 6.83. The van der Waals surface area contributed by atoms with Crippen LogP contribution in [-0.4, -0.2) is 20.1 Å². The predicted molar refractivity (Wildman–Crippen MR) is 38.6 cm³/mol. The van der Waals surface area contributed by atoms with Crippen LogP contribution in [0.3, 0.4) is 0 Å². The van der Waals surface area contributed by atoms with Gasteiger partial charge in [-0.3, -0.25) is 0 Å². The van der Waals surface area contributed by atoms with E-state index in [1.54, 1.807) is 14.2 Å². The zero-order valence-electron chi connectivity index (χ0n) is 5.91. The van der Waals surface area contributed by atoms with Crippen molar-refractivity contribution in [3.8, 4) is 0 Å². The third-order valence-corrected chi connectivity index (χ3v) is 0.754. The predicted octanol–water partition coefficient (Wildman–Crippen LogP) is 2.29. The van der Waals surface area contributed by atoms with Gasteiger partial charge in [0.2, 0.25) is 0 Å². The lowest BCUT2D eigenvalue weighted by Crippen LogP contribution is -1.65. The van der Waals surface area contributed by atoms with Gasteiger partial charge in [-0.1, -0.05) is 13.3 Å². The molecular weight excluding hydrogens is 124 g/mol. The molecule has 0 bridgehead atoms. The molecule has 0 aliphatic carbocycles. The van der Waals surface area contributed by atoms with Gasteiger partial charge in [0.25, 0.3) is 0 Å². The largest absolute Gasteiger partial charge is 0.388 e. The molecule has 0 atom stereocenters. The molecular formula is C6H15ClO. The van der Waals surface area contributed by atoms with E-state index in [2.05, 4.69) is 11.7 Å². The Bertz CT molecular complexity index is 22.5. The maximum Gasteiger partial charge on any atom is 0.0351 e. The molecule has 0 saturated heterocycles. The minimum Gasteiger partial charge on any atom is -0.388 e. The Morgan fingerprint density at radius 1 is 1.38 bits per heavy atom. The Morgan fingerprint density at radius 2 is 1.75 bits per heavy atom. The molecule has 0 fully saturated rings. The van der Waals surface area contributed by atoms with Crippen LogP contribution in [0.1, 0.15) is 19.8 Å². The van der Waals surface area contributed by atoms with Crippen molar-refractivity contribution < 1.29 is 4.74 Å². The minimum atomic E-state index is 0.816. The van der Waals surface area contributed by atoms with Crippen molar-refractivity contribution >= 4 is 11.6 Å². The van der Waals surface area contributed by atoms with Crippen LogP contribution < -0.4 is 0 Å². The van der Waals surface area contributed by atoms with E-state index in [0.29, 0.717) is 0 Å². The second kappa shape index (κ2) is 15.7. The lowest BCUT2D eigenvalue weighted by molar-refractivity contribution is 0.277. The summed E-state index contributed by atoms with van der Waals surface area (Å²) in [6.07, 6.45) is 2.37. The van der Waals surface area contributed by atoms with Crippen LogP contribution in [0, 0.1) is 0 Å². The first-order valence-corrected chi connectivity index (χ1v) is 3.33. The molecule has 0 aromatic rings. The number of methoxy groups -OCH3 is 1. The summed E-state index contributed by atoms with van der Waals surface area (Å²) in [4.78, 5) is 0. The van der Waals surface area contributed by atoms with Gasteiger partial charge in [-0.2, -0.15) is 0 Å². The third kappa shape index (κ3) is 34.0. The van der Waals surface area contributed by atoms with Crippen LogP contribution in [0.15, 0.2) is 0 Å². The minimum absolute atomic E-state index is 0.816. The van der Waals surface area contributed by atoms with E-state index >= 15 is 0 Å². The fourth-order valence-electron chi connectivity index (χ4n) is 0.134. The van der Waals surface area contributed by atoms with Gasteiger partial charge in [0, 0.05) is 20.1 Å². The van der Waals surface area contributed by atoms with Gasteiger partial charge < -0.3 is 4.74 Å². The van der Waals surface area contributed by atoms with Crippen molar-refractivity contribution in [2.75, 3.05) is 20.1 Å². The first-order chi connectivity index (χ1) is 3.83. The SMILES string of the molecule is CCCCCl.COC. The van der Waals surface area contributed by atoms with Crippen molar-refractivity contribution in [1.82, 2.24) is 0 Å². The van der Waals surface area contributed by atoms with Crippen molar-refractivity contribution in [2.24, 2.45) is 0 Å². The molecule has 0 saturated carbocycles. The Hall–Kier alpha value is 0.250. The number of rotatable bonds is 2. The lowest BCUT2D eigenvalue weighted by Gasteiger charge is -1.77. The summed E-state index contributed by atoms with van der Waals surface area (Å²) in [7, 11) is 3.25. The number of halogens is 1. The van der Waals surface area contributed by atoms with Gasteiger partial charge in [0.05, 0.1) is 0 Å². The first kappa shape index (κ1) is 11.1. The maximum absolute atomic E-state index is 5.30. The molecule has 0 aromatic heterocycles. The normalized spacial score (nSPS) is 7.50. The molecule has 0 aliphatic rings. The van der Waals surface area contributed by atoms with E-state index in [4.69, 9.17) is 11.6 Å². The number of hydrogen-bond acceptors (Lipinski definition) is 1. The molecule has 8 heavy (non-hydrogen) atoms. The number of alkyl halides is 1. The number of unbranched alkanes of at least 4 members (excludes halogenated alkanes) is 1. The Morgan fingerprint density at radius 3 is 1.75 bits per heavy atom. The molecule has 0 aliphatic heterocycles. The summed E-state index contributed by atoms with van der Waals surface area (Å²) in [5.41, 5.74) is 0. The summed E-state index contributed by atoms with van der Waals surface area (Å²) >= 11 is 5.30. The Kier molecular flexibility index (Phi) is 21.8. The fraction of sp³-hybridized carbons (Fsp3) is 1.00.